The first-order valence-electron chi connectivity index (χ1n) is 5.94. The number of carbonyl (C=O) groups is 1. The van der Waals surface area contributed by atoms with E-state index in [0.29, 0.717) is 35.7 Å². The van der Waals surface area contributed by atoms with Gasteiger partial charge >= 0.3 is 0 Å². The maximum atomic E-state index is 11.6. The highest BCUT2D eigenvalue weighted by atomic mass is 35.5. The van der Waals surface area contributed by atoms with Crippen LogP contribution in [0, 0.1) is 11.8 Å². The number of ether oxygens (including phenoxy) is 1. The molecule has 0 atom stereocenters. The predicted octanol–water partition coefficient (Wildman–Crippen LogP) is 2.02. The van der Waals surface area contributed by atoms with E-state index >= 15 is 0 Å². The molecule has 0 unspecified atom stereocenters. The molecule has 0 spiro atoms. The van der Waals surface area contributed by atoms with Crippen LogP contribution in [-0.4, -0.2) is 26.2 Å². The Balaban J connectivity index is 2.66. The fourth-order valence-corrected chi connectivity index (χ4v) is 1.61. The maximum absolute atomic E-state index is 11.6. The molecular weight excluding hydrogens is 264 g/mol. The van der Waals surface area contributed by atoms with Crippen LogP contribution in [0.1, 0.15) is 18.4 Å². The van der Waals surface area contributed by atoms with Gasteiger partial charge in [-0.15, -0.1) is 0 Å². The molecule has 0 bridgehead atoms. The Bertz CT molecular complexity index is 492. The van der Waals surface area contributed by atoms with Crippen molar-refractivity contribution in [1.29, 1.82) is 0 Å². The first-order valence-corrected chi connectivity index (χ1v) is 6.32. The van der Waals surface area contributed by atoms with E-state index < -0.39 is 0 Å². The predicted molar refractivity (Wildman–Crippen MR) is 77.1 cm³/mol. The number of anilines is 1. The van der Waals surface area contributed by atoms with Gasteiger partial charge in [0.1, 0.15) is 0 Å². The first kappa shape index (κ1) is 15.5. The Hall–Kier alpha value is -1.54. The van der Waals surface area contributed by atoms with Crippen LogP contribution >= 0.6 is 11.6 Å². The Morgan fingerprint density at radius 3 is 3.00 bits per heavy atom. The fraction of sp³-hybridized carbons (Fsp3) is 0.357. The second kappa shape index (κ2) is 8.54. The van der Waals surface area contributed by atoms with E-state index in [1.165, 1.54) is 0 Å². The number of nitrogens with one attached hydrogen (secondary N) is 1. The van der Waals surface area contributed by atoms with E-state index in [0.717, 1.165) is 0 Å². The zero-order chi connectivity index (χ0) is 14.1. The molecule has 5 heteroatoms. The van der Waals surface area contributed by atoms with Crippen molar-refractivity contribution < 1.29 is 9.53 Å². The lowest BCUT2D eigenvalue weighted by atomic mass is 10.2. The number of rotatable bonds is 5. The van der Waals surface area contributed by atoms with E-state index in [4.69, 9.17) is 22.1 Å². The molecule has 0 fully saturated rings. The fourth-order valence-electron chi connectivity index (χ4n) is 1.45. The smallest absolute Gasteiger partial charge is 0.224 e. The largest absolute Gasteiger partial charge is 0.385 e. The summed E-state index contributed by atoms with van der Waals surface area (Å²) < 4.78 is 4.89. The molecule has 0 aromatic heterocycles. The van der Waals surface area contributed by atoms with Gasteiger partial charge in [0, 0.05) is 31.4 Å². The highest BCUT2D eigenvalue weighted by molar-refractivity contribution is 6.31. The molecule has 0 aliphatic carbocycles. The summed E-state index contributed by atoms with van der Waals surface area (Å²) in [6, 6.07) is 5.18. The summed E-state index contributed by atoms with van der Waals surface area (Å²) in [5, 5.41) is 3.33. The molecule has 1 amide bonds. The van der Waals surface area contributed by atoms with Crippen LogP contribution in [0.4, 0.5) is 5.69 Å². The van der Waals surface area contributed by atoms with Gasteiger partial charge in [-0.1, -0.05) is 23.4 Å². The SMILES string of the molecule is COCCCC(=O)Nc1ccc(Cl)c(C#CCN)c1. The van der Waals surface area contributed by atoms with Gasteiger partial charge in [-0.05, 0) is 24.6 Å². The average Bonchev–Trinajstić information content (AvgIpc) is 2.39. The van der Waals surface area contributed by atoms with Crippen molar-refractivity contribution in [2.45, 2.75) is 12.8 Å². The molecule has 0 aliphatic rings. The molecule has 0 radical (unpaired) electrons. The molecule has 102 valence electrons. The van der Waals surface area contributed by atoms with Crippen LogP contribution < -0.4 is 11.1 Å². The van der Waals surface area contributed by atoms with Crippen LogP contribution in [-0.2, 0) is 9.53 Å². The van der Waals surface area contributed by atoms with E-state index in [1.807, 2.05) is 0 Å². The van der Waals surface area contributed by atoms with Gasteiger partial charge in [0.25, 0.3) is 0 Å². The Kier molecular flexibility index (Phi) is 6.98. The minimum absolute atomic E-state index is 0.0582. The average molecular weight is 281 g/mol. The number of hydrogen-bond acceptors (Lipinski definition) is 3. The second-order valence-electron chi connectivity index (χ2n) is 3.85. The topological polar surface area (TPSA) is 64.3 Å². The molecule has 4 nitrogen and oxygen atoms in total. The molecule has 0 saturated heterocycles. The van der Waals surface area contributed by atoms with Gasteiger partial charge in [-0.3, -0.25) is 4.79 Å². The lowest BCUT2D eigenvalue weighted by molar-refractivity contribution is -0.116. The minimum atomic E-state index is -0.0582. The van der Waals surface area contributed by atoms with Crippen LogP contribution in [0.5, 0.6) is 0 Å². The lowest BCUT2D eigenvalue weighted by Gasteiger charge is -2.06. The number of hydrogen-bond donors (Lipinski definition) is 2. The number of amides is 1. The third-order valence-corrected chi connectivity index (χ3v) is 2.66. The molecule has 0 saturated carbocycles. The third-order valence-electron chi connectivity index (χ3n) is 2.33. The zero-order valence-corrected chi connectivity index (χ0v) is 11.6. The standard InChI is InChI=1S/C14H17ClN2O2/c1-19-9-3-5-14(18)17-12-6-7-13(15)11(10-12)4-2-8-16/h6-7,10H,3,5,8-9,16H2,1H3,(H,17,18). The number of nitrogens with two attached hydrogens (primary N) is 1. The van der Waals surface area contributed by atoms with Crippen LogP contribution in [0.15, 0.2) is 18.2 Å². The van der Waals surface area contributed by atoms with Gasteiger partial charge in [0.05, 0.1) is 11.6 Å². The van der Waals surface area contributed by atoms with E-state index in [1.54, 1.807) is 25.3 Å². The van der Waals surface area contributed by atoms with E-state index in [-0.39, 0.29) is 12.5 Å². The van der Waals surface area contributed by atoms with Crippen molar-refractivity contribution in [1.82, 2.24) is 0 Å². The molecule has 0 heterocycles. The summed E-state index contributed by atoms with van der Waals surface area (Å²) in [5.41, 5.74) is 6.64. The van der Waals surface area contributed by atoms with Crippen LogP contribution in [0.3, 0.4) is 0 Å². The summed E-state index contributed by atoms with van der Waals surface area (Å²) in [7, 11) is 1.61. The second-order valence-corrected chi connectivity index (χ2v) is 4.25. The summed E-state index contributed by atoms with van der Waals surface area (Å²) in [5.74, 6) is 5.53. The number of methoxy groups -OCH3 is 1. The van der Waals surface area contributed by atoms with Crippen LogP contribution in [0.25, 0.3) is 0 Å². The minimum Gasteiger partial charge on any atom is -0.385 e. The first-order chi connectivity index (χ1) is 9.17. The van der Waals surface area contributed by atoms with E-state index in [2.05, 4.69) is 17.2 Å². The number of halogens is 1. The normalized spacial score (nSPS) is 9.63. The van der Waals surface area contributed by atoms with Crippen LogP contribution in [0.2, 0.25) is 5.02 Å². The quantitative estimate of drug-likeness (QED) is 0.641. The molecule has 19 heavy (non-hydrogen) atoms. The molecule has 1 aromatic carbocycles. The van der Waals surface area contributed by atoms with Crippen molar-refractivity contribution in [3.63, 3.8) is 0 Å². The monoisotopic (exact) mass is 280 g/mol. The summed E-state index contributed by atoms with van der Waals surface area (Å²) in [4.78, 5) is 11.6. The zero-order valence-electron chi connectivity index (χ0n) is 10.8. The molecule has 1 rings (SSSR count). The molecule has 1 aromatic rings. The lowest BCUT2D eigenvalue weighted by Crippen LogP contribution is -2.12. The number of carbonyl (C=O) groups excluding carboxylic acids is 1. The van der Waals surface area contributed by atoms with Gasteiger partial charge in [-0.2, -0.15) is 0 Å². The van der Waals surface area contributed by atoms with Crippen molar-refractivity contribution in [2.24, 2.45) is 5.73 Å². The summed E-state index contributed by atoms with van der Waals surface area (Å²) in [6.45, 7) is 0.838. The van der Waals surface area contributed by atoms with Crippen molar-refractivity contribution >= 4 is 23.2 Å². The molecule has 3 N–H and O–H groups in total. The maximum Gasteiger partial charge on any atom is 0.224 e. The highest BCUT2D eigenvalue weighted by Crippen LogP contribution is 2.19. The highest BCUT2D eigenvalue weighted by Gasteiger charge is 2.04. The van der Waals surface area contributed by atoms with E-state index in [9.17, 15) is 4.79 Å². The van der Waals surface area contributed by atoms with Gasteiger partial charge in [-0.25, -0.2) is 0 Å². The van der Waals surface area contributed by atoms with Gasteiger partial charge < -0.3 is 15.8 Å². The Morgan fingerprint density at radius 2 is 2.32 bits per heavy atom. The molecule has 0 aliphatic heterocycles. The molecular formula is C14H17ClN2O2. The van der Waals surface area contributed by atoms with Gasteiger partial charge in [0.15, 0.2) is 0 Å². The van der Waals surface area contributed by atoms with Crippen molar-refractivity contribution in [3.8, 4) is 11.8 Å². The Morgan fingerprint density at radius 1 is 1.53 bits per heavy atom. The Labute approximate surface area is 118 Å². The summed E-state index contributed by atoms with van der Waals surface area (Å²) >= 11 is 6.00. The number of benzene rings is 1. The van der Waals surface area contributed by atoms with Crippen molar-refractivity contribution in [3.05, 3.63) is 28.8 Å². The summed E-state index contributed by atoms with van der Waals surface area (Å²) in [6.07, 6.45) is 1.11. The van der Waals surface area contributed by atoms with Gasteiger partial charge in [0.2, 0.25) is 5.91 Å². The third kappa shape index (κ3) is 5.75. The van der Waals surface area contributed by atoms with Crippen molar-refractivity contribution in [2.75, 3.05) is 25.6 Å².